The summed E-state index contributed by atoms with van der Waals surface area (Å²) < 4.78 is 10.5. The lowest BCUT2D eigenvalue weighted by Crippen LogP contribution is -1.95. The third-order valence-electron chi connectivity index (χ3n) is 3.12. The van der Waals surface area contributed by atoms with Crippen molar-refractivity contribution in [2.45, 2.75) is 12.8 Å². The highest BCUT2D eigenvalue weighted by molar-refractivity contribution is 5.43. The first-order valence-corrected chi connectivity index (χ1v) is 6.22. The highest BCUT2D eigenvalue weighted by atomic mass is 16.5. The number of aryl methyl sites for hydroxylation is 2. The zero-order valence-electron chi connectivity index (χ0n) is 11.2. The van der Waals surface area contributed by atoms with Gasteiger partial charge in [0.05, 0.1) is 14.2 Å². The van der Waals surface area contributed by atoms with Crippen LogP contribution in [-0.4, -0.2) is 19.3 Å². The molecule has 0 atom stereocenters. The summed E-state index contributed by atoms with van der Waals surface area (Å²) in [7, 11) is 3.25. The summed E-state index contributed by atoms with van der Waals surface area (Å²) in [6, 6.07) is 13.3. The fourth-order valence-electron chi connectivity index (χ4n) is 2.04. The lowest BCUT2D eigenvalue weighted by Gasteiger charge is -2.10. The number of phenols is 1. The van der Waals surface area contributed by atoms with E-state index in [1.54, 1.807) is 20.3 Å². The van der Waals surface area contributed by atoms with Crippen LogP contribution in [0.25, 0.3) is 0 Å². The predicted molar refractivity (Wildman–Crippen MR) is 75.1 cm³/mol. The Labute approximate surface area is 113 Å². The molecular formula is C16H18O3. The molecule has 3 heteroatoms. The number of methoxy groups -OCH3 is 2. The summed E-state index contributed by atoms with van der Waals surface area (Å²) in [5.74, 6) is 1.81. The van der Waals surface area contributed by atoms with Crippen LogP contribution in [-0.2, 0) is 12.8 Å². The maximum atomic E-state index is 9.73. The average Bonchev–Trinajstić information content (AvgIpc) is 2.46. The molecule has 0 saturated heterocycles. The Kier molecular flexibility index (Phi) is 4.29. The lowest BCUT2D eigenvalue weighted by molar-refractivity contribution is 0.354. The number of ether oxygens (including phenoxy) is 2. The number of phenolic OH excluding ortho intramolecular Hbond substituents is 1. The highest BCUT2D eigenvalue weighted by Crippen LogP contribution is 2.28. The molecule has 0 aliphatic heterocycles. The largest absolute Gasteiger partial charge is 0.508 e. The Bertz CT molecular complexity index is 549. The van der Waals surface area contributed by atoms with Crippen LogP contribution in [0.1, 0.15) is 11.1 Å². The van der Waals surface area contributed by atoms with Crippen LogP contribution >= 0.6 is 0 Å². The first-order valence-electron chi connectivity index (χ1n) is 6.22. The van der Waals surface area contributed by atoms with Gasteiger partial charge in [-0.15, -0.1) is 0 Å². The van der Waals surface area contributed by atoms with E-state index >= 15 is 0 Å². The molecule has 2 rings (SSSR count). The van der Waals surface area contributed by atoms with E-state index in [9.17, 15) is 5.11 Å². The topological polar surface area (TPSA) is 38.7 Å². The monoisotopic (exact) mass is 258 g/mol. The molecule has 0 saturated carbocycles. The summed E-state index contributed by atoms with van der Waals surface area (Å²) in [5.41, 5.74) is 2.11. The van der Waals surface area contributed by atoms with Gasteiger partial charge in [-0.25, -0.2) is 0 Å². The quantitative estimate of drug-likeness (QED) is 0.895. The van der Waals surface area contributed by atoms with Crippen LogP contribution in [0.15, 0.2) is 42.5 Å². The van der Waals surface area contributed by atoms with E-state index in [0.29, 0.717) is 5.75 Å². The standard InChI is InChI=1S/C16H18O3/c1-18-15-10-8-12(11-16(15)19-2)7-9-13-5-3-4-6-14(13)17/h3-6,8,10-11,17H,7,9H2,1-2H3. The summed E-state index contributed by atoms with van der Waals surface area (Å²) in [6.07, 6.45) is 1.64. The molecule has 0 unspecified atom stereocenters. The zero-order chi connectivity index (χ0) is 13.7. The Hall–Kier alpha value is -2.16. The van der Waals surface area contributed by atoms with Gasteiger partial charge in [-0.05, 0) is 42.2 Å². The smallest absolute Gasteiger partial charge is 0.160 e. The fraction of sp³-hybridized carbons (Fsp3) is 0.250. The minimum atomic E-state index is 0.350. The van der Waals surface area contributed by atoms with Gasteiger partial charge >= 0.3 is 0 Å². The number of hydrogen-bond acceptors (Lipinski definition) is 3. The maximum Gasteiger partial charge on any atom is 0.160 e. The van der Waals surface area contributed by atoms with Crippen molar-refractivity contribution in [2.24, 2.45) is 0 Å². The maximum absolute atomic E-state index is 9.73. The van der Waals surface area contributed by atoms with Gasteiger partial charge in [-0.2, -0.15) is 0 Å². The summed E-state index contributed by atoms with van der Waals surface area (Å²) in [6.45, 7) is 0. The van der Waals surface area contributed by atoms with Gasteiger partial charge in [-0.1, -0.05) is 24.3 Å². The molecule has 0 aliphatic rings. The molecule has 3 nitrogen and oxygen atoms in total. The van der Waals surface area contributed by atoms with Crippen LogP contribution in [0, 0.1) is 0 Å². The Morgan fingerprint density at radius 3 is 2.32 bits per heavy atom. The first-order chi connectivity index (χ1) is 9.24. The molecule has 2 aromatic rings. The molecule has 0 spiro atoms. The zero-order valence-corrected chi connectivity index (χ0v) is 11.2. The van der Waals surface area contributed by atoms with Crippen LogP contribution < -0.4 is 9.47 Å². The van der Waals surface area contributed by atoms with Crippen LogP contribution in [0.2, 0.25) is 0 Å². The SMILES string of the molecule is COc1ccc(CCc2ccccc2O)cc1OC. The lowest BCUT2D eigenvalue weighted by atomic mass is 10.0. The molecule has 0 aromatic heterocycles. The van der Waals surface area contributed by atoms with Crippen molar-refractivity contribution in [3.05, 3.63) is 53.6 Å². The van der Waals surface area contributed by atoms with E-state index in [0.717, 1.165) is 35.5 Å². The third-order valence-corrected chi connectivity index (χ3v) is 3.12. The third kappa shape index (κ3) is 3.19. The molecule has 0 amide bonds. The van der Waals surface area contributed by atoms with E-state index in [4.69, 9.17) is 9.47 Å². The van der Waals surface area contributed by atoms with E-state index in [2.05, 4.69) is 0 Å². The second-order valence-electron chi connectivity index (χ2n) is 4.32. The van der Waals surface area contributed by atoms with Crippen molar-refractivity contribution in [1.29, 1.82) is 0 Å². The minimum Gasteiger partial charge on any atom is -0.508 e. The fourth-order valence-corrected chi connectivity index (χ4v) is 2.04. The molecule has 0 radical (unpaired) electrons. The van der Waals surface area contributed by atoms with Gasteiger partial charge in [0.2, 0.25) is 0 Å². The average molecular weight is 258 g/mol. The number of para-hydroxylation sites is 1. The van der Waals surface area contributed by atoms with Crippen molar-refractivity contribution >= 4 is 0 Å². The summed E-state index contributed by atoms with van der Waals surface area (Å²) in [5, 5.41) is 9.73. The number of benzene rings is 2. The Morgan fingerprint density at radius 1 is 0.895 bits per heavy atom. The van der Waals surface area contributed by atoms with Crippen molar-refractivity contribution in [2.75, 3.05) is 14.2 Å². The van der Waals surface area contributed by atoms with Crippen LogP contribution in [0.3, 0.4) is 0 Å². The molecule has 19 heavy (non-hydrogen) atoms. The number of hydrogen-bond donors (Lipinski definition) is 1. The number of aromatic hydroxyl groups is 1. The van der Waals surface area contributed by atoms with Crippen molar-refractivity contribution < 1.29 is 14.6 Å². The number of rotatable bonds is 5. The van der Waals surface area contributed by atoms with Crippen molar-refractivity contribution in [3.8, 4) is 17.2 Å². The highest BCUT2D eigenvalue weighted by Gasteiger charge is 2.06. The van der Waals surface area contributed by atoms with Crippen molar-refractivity contribution in [1.82, 2.24) is 0 Å². The van der Waals surface area contributed by atoms with Crippen molar-refractivity contribution in [3.63, 3.8) is 0 Å². The molecule has 0 heterocycles. The van der Waals surface area contributed by atoms with E-state index in [-0.39, 0.29) is 0 Å². The normalized spacial score (nSPS) is 10.2. The Morgan fingerprint density at radius 2 is 1.63 bits per heavy atom. The van der Waals surface area contributed by atoms with Gasteiger partial charge in [0.15, 0.2) is 11.5 Å². The molecule has 0 aliphatic carbocycles. The molecule has 0 fully saturated rings. The van der Waals surface area contributed by atoms with Gasteiger partial charge in [0, 0.05) is 0 Å². The molecule has 1 N–H and O–H groups in total. The van der Waals surface area contributed by atoms with Crippen LogP contribution in [0.5, 0.6) is 17.2 Å². The van der Waals surface area contributed by atoms with E-state index in [1.807, 2.05) is 36.4 Å². The Balaban J connectivity index is 2.10. The van der Waals surface area contributed by atoms with Crippen LogP contribution in [0.4, 0.5) is 0 Å². The second kappa shape index (κ2) is 6.14. The van der Waals surface area contributed by atoms with Gasteiger partial charge in [-0.3, -0.25) is 0 Å². The molecule has 2 aromatic carbocycles. The predicted octanol–water partition coefficient (Wildman–Crippen LogP) is 3.19. The van der Waals surface area contributed by atoms with Gasteiger partial charge in [0.1, 0.15) is 5.75 Å². The molecule has 100 valence electrons. The molecular weight excluding hydrogens is 240 g/mol. The molecule has 0 bridgehead atoms. The van der Waals surface area contributed by atoms with E-state index in [1.165, 1.54) is 0 Å². The first kappa shape index (κ1) is 13.3. The minimum absolute atomic E-state index is 0.350. The summed E-state index contributed by atoms with van der Waals surface area (Å²) in [4.78, 5) is 0. The summed E-state index contributed by atoms with van der Waals surface area (Å²) >= 11 is 0. The van der Waals surface area contributed by atoms with E-state index < -0.39 is 0 Å². The van der Waals surface area contributed by atoms with Gasteiger partial charge < -0.3 is 14.6 Å². The second-order valence-corrected chi connectivity index (χ2v) is 4.32. The van der Waals surface area contributed by atoms with Gasteiger partial charge in [0.25, 0.3) is 0 Å².